The molecule has 0 amide bonds. The molecule has 0 aliphatic rings. The van der Waals surface area contributed by atoms with E-state index in [-0.39, 0.29) is 0 Å². The molecule has 0 spiro atoms. The van der Waals surface area contributed by atoms with Crippen molar-refractivity contribution in [1.82, 2.24) is 4.98 Å². The van der Waals surface area contributed by atoms with Crippen molar-refractivity contribution in [1.29, 1.82) is 0 Å². The van der Waals surface area contributed by atoms with Crippen LogP contribution in [0, 0.1) is 6.92 Å². The molecule has 1 aromatic heterocycles. The molecule has 1 aromatic rings. The molecule has 3 heteroatoms. The van der Waals surface area contributed by atoms with E-state index in [9.17, 15) is 0 Å². The van der Waals surface area contributed by atoms with Crippen LogP contribution in [0.2, 0.25) is 5.02 Å². The first-order valence-electron chi connectivity index (χ1n) is 3.04. The maximum absolute atomic E-state index is 5.77. The van der Waals surface area contributed by atoms with Gasteiger partial charge in [-0.3, -0.25) is 4.98 Å². The minimum atomic E-state index is 0.499. The van der Waals surface area contributed by atoms with Crippen molar-refractivity contribution in [2.45, 2.75) is 13.5 Å². The molecule has 0 aliphatic heterocycles. The number of nitrogens with two attached hydrogens (primary N) is 1. The smallest absolute Gasteiger partial charge is 0.0621 e. The molecule has 0 radical (unpaired) electrons. The second kappa shape index (κ2) is 2.99. The van der Waals surface area contributed by atoms with Crippen molar-refractivity contribution in [3.05, 3.63) is 28.5 Å². The molecule has 0 aliphatic carbocycles. The van der Waals surface area contributed by atoms with Gasteiger partial charge in [-0.2, -0.15) is 0 Å². The molecule has 0 atom stereocenters. The molecule has 0 unspecified atom stereocenters. The zero-order valence-electron chi connectivity index (χ0n) is 5.76. The van der Waals surface area contributed by atoms with Crippen LogP contribution in [-0.4, -0.2) is 4.98 Å². The highest BCUT2D eigenvalue weighted by atomic mass is 35.5. The Morgan fingerprint density at radius 1 is 1.60 bits per heavy atom. The molecule has 10 heavy (non-hydrogen) atoms. The number of aromatic nitrogens is 1. The van der Waals surface area contributed by atoms with E-state index in [2.05, 4.69) is 4.98 Å². The minimum Gasteiger partial charge on any atom is -0.326 e. The summed E-state index contributed by atoms with van der Waals surface area (Å²) in [4.78, 5) is 3.90. The maximum atomic E-state index is 5.77. The normalized spacial score (nSPS) is 9.90. The van der Waals surface area contributed by atoms with Gasteiger partial charge in [0.05, 0.1) is 5.02 Å². The van der Waals surface area contributed by atoms with Crippen LogP contribution in [0.5, 0.6) is 0 Å². The lowest BCUT2D eigenvalue weighted by atomic mass is 10.2. The predicted molar refractivity (Wildman–Crippen MR) is 41.9 cm³/mol. The standard InChI is InChI=1S/C7H9ClN2/c1-5-6(2-9)3-10-4-7(5)8/h3-4H,2,9H2,1H3. The largest absolute Gasteiger partial charge is 0.326 e. The van der Waals surface area contributed by atoms with Crippen LogP contribution in [0.3, 0.4) is 0 Å². The van der Waals surface area contributed by atoms with Crippen LogP contribution >= 0.6 is 11.6 Å². The van der Waals surface area contributed by atoms with Crippen molar-refractivity contribution < 1.29 is 0 Å². The van der Waals surface area contributed by atoms with E-state index in [0.717, 1.165) is 11.1 Å². The van der Waals surface area contributed by atoms with E-state index < -0.39 is 0 Å². The highest BCUT2D eigenvalue weighted by Crippen LogP contribution is 2.15. The van der Waals surface area contributed by atoms with E-state index in [1.165, 1.54) is 0 Å². The van der Waals surface area contributed by atoms with Crippen LogP contribution in [0.1, 0.15) is 11.1 Å². The Morgan fingerprint density at radius 3 is 2.80 bits per heavy atom. The highest BCUT2D eigenvalue weighted by Gasteiger charge is 1.98. The molecule has 0 bridgehead atoms. The third kappa shape index (κ3) is 1.28. The average Bonchev–Trinajstić information content (AvgIpc) is 1.95. The molecule has 1 rings (SSSR count). The molecule has 54 valence electrons. The third-order valence-corrected chi connectivity index (χ3v) is 1.86. The third-order valence-electron chi connectivity index (χ3n) is 1.48. The van der Waals surface area contributed by atoms with Crippen LogP contribution in [0.15, 0.2) is 12.4 Å². The Morgan fingerprint density at radius 2 is 2.30 bits per heavy atom. The van der Waals surface area contributed by atoms with E-state index in [1.807, 2.05) is 6.92 Å². The molecule has 2 nitrogen and oxygen atoms in total. The molecule has 0 aromatic carbocycles. The summed E-state index contributed by atoms with van der Waals surface area (Å²) in [5.74, 6) is 0. The van der Waals surface area contributed by atoms with Crippen molar-refractivity contribution in [3.8, 4) is 0 Å². The van der Waals surface area contributed by atoms with Gasteiger partial charge in [-0.05, 0) is 18.1 Å². The van der Waals surface area contributed by atoms with Crippen molar-refractivity contribution in [2.24, 2.45) is 5.73 Å². The number of halogens is 1. The van der Waals surface area contributed by atoms with E-state index in [0.29, 0.717) is 11.6 Å². The van der Waals surface area contributed by atoms with Gasteiger partial charge in [-0.1, -0.05) is 11.6 Å². The van der Waals surface area contributed by atoms with Gasteiger partial charge in [0.2, 0.25) is 0 Å². The molecular formula is C7H9ClN2. The zero-order chi connectivity index (χ0) is 7.56. The topological polar surface area (TPSA) is 38.9 Å². The summed E-state index contributed by atoms with van der Waals surface area (Å²) in [5.41, 5.74) is 7.45. The number of hydrogen-bond acceptors (Lipinski definition) is 2. The van der Waals surface area contributed by atoms with Crippen LogP contribution in [0.4, 0.5) is 0 Å². The monoisotopic (exact) mass is 156 g/mol. The van der Waals surface area contributed by atoms with E-state index >= 15 is 0 Å². The van der Waals surface area contributed by atoms with Gasteiger partial charge in [0.1, 0.15) is 0 Å². The fourth-order valence-electron chi connectivity index (χ4n) is 0.746. The minimum absolute atomic E-state index is 0.499. The summed E-state index contributed by atoms with van der Waals surface area (Å²) >= 11 is 5.77. The fourth-order valence-corrected chi connectivity index (χ4v) is 0.923. The summed E-state index contributed by atoms with van der Waals surface area (Å²) in [6, 6.07) is 0. The summed E-state index contributed by atoms with van der Waals surface area (Å²) in [6.07, 6.45) is 3.36. The van der Waals surface area contributed by atoms with Gasteiger partial charge in [-0.15, -0.1) is 0 Å². The SMILES string of the molecule is Cc1c(Cl)cncc1CN. The Kier molecular flexibility index (Phi) is 2.25. The van der Waals surface area contributed by atoms with Crippen molar-refractivity contribution in [3.63, 3.8) is 0 Å². The summed E-state index contributed by atoms with van der Waals surface area (Å²) < 4.78 is 0. The van der Waals surface area contributed by atoms with Crippen LogP contribution < -0.4 is 5.73 Å². The zero-order valence-corrected chi connectivity index (χ0v) is 6.52. The maximum Gasteiger partial charge on any atom is 0.0621 e. The molecule has 1 heterocycles. The van der Waals surface area contributed by atoms with E-state index in [4.69, 9.17) is 17.3 Å². The van der Waals surface area contributed by atoms with Gasteiger partial charge in [0, 0.05) is 18.9 Å². The average molecular weight is 157 g/mol. The highest BCUT2D eigenvalue weighted by molar-refractivity contribution is 6.31. The molecule has 0 saturated heterocycles. The van der Waals surface area contributed by atoms with E-state index in [1.54, 1.807) is 12.4 Å². The second-order valence-electron chi connectivity index (χ2n) is 2.11. The number of pyridine rings is 1. The Balaban J connectivity index is 3.14. The van der Waals surface area contributed by atoms with Gasteiger partial charge >= 0.3 is 0 Å². The fraction of sp³-hybridized carbons (Fsp3) is 0.286. The molecule has 2 N–H and O–H groups in total. The lowest BCUT2D eigenvalue weighted by Gasteiger charge is -2.01. The molecular weight excluding hydrogens is 148 g/mol. The lowest BCUT2D eigenvalue weighted by molar-refractivity contribution is 1.02. The molecule has 0 fully saturated rings. The number of hydrogen-bond donors (Lipinski definition) is 1. The summed E-state index contributed by atoms with van der Waals surface area (Å²) in [6.45, 7) is 2.44. The van der Waals surface area contributed by atoms with Crippen molar-refractivity contribution in [2.75, 3.05) is 0 Å². The predicted octanol–water partition coefficient (Wildman–Crippen LogP) is 1.50. The second-order valence-corrected chi connectivity index (χ2v) is 2.52. The number of nitrogens with zero attached hydrogens (tertiary/aromatic N) is 1. The van der Waals surface area contributed by atoms with Gasteiger partial charge in [0.25, 0.3) is 0 Å². The van der Waals surface area contributed by atoms with Crippen molar-refractivity contribution >= 4 is 11.6 Å². The Hall–Kier alpha value is -0.600. The lowest BCUT2D eigenvalue weighted by Crippen LogP contribution is -1.99. The van der Waals surface area contributed by atoms with Gasteiger partial charge in [0.15, 0.2) is 0 Å². The Labute approximate surface area is 65.0 Å². The van der Waals surface area contributed by atoms with Crippen LogP contribution in [0.25, 0.3) is 0 Å². The quantitative estimate of drug-likeness (QED) is 0.670. The summed E-state index contributed by atoms with van der Waals surface area (Å²) in [5, 5.41) is 0.683. The first-order chi connectivity index (χ1) is 4.75. The van der Waals surface area contributed by atoms with Crippen LogP contribution in [-0.2, 0) is 6.54 Å². The first kappa shape index (κ1) is 7.51. The molecule has 0 saturated carbocycles. The first-order valence-corrected chi connectivity index (χ1v) is 3.42. The number of rotatable bonds is 1. The Bertz CT molecular complexity index is 235. The van der Waals surface area contributed by atoms with Gasteiger partial charge < -0.3 is 5.73 Å². The van der Waals surface area contributed by atoms with Gasteiger partial charge in [-0.25, -0.2) is 0 Å². The summed E-state index contributed by atoms with van der Waals surface area (Å²) in [7, 11) is 0.